The van der Waals surface area contributed by atoms with Crippen molar-refractivity contribution in [3.8, 4) is 33.4 Å². The zero-order valence-corrected chi connectivity index (χ0v) is 26.3. The van der Waals surface area contributed by atoms with E-state index >= 15 is 0 Å². The van der Waals surface area contributed by atoms with Crippen LogP contribution in [0, 0.1) is 0 Å². The summed E-state index contributed by atoms with van der Waals surface area (Å²) < 4.78 is 6.34. The molecule has 0 aliphatic carbocycles. The van der Waals surface area contributed by atoms with Gasteiger partial charge in [0.05, 0.1) is 11.2 Å². The van der Waals surface area contributed by atoms with Crippen LogP contribution in [0.1, 0.15) is 27.7 Å². The van der Waals surface area contributed by atoms with E-state index in [9.17, 15) is 5.11 Å². The van der Waals surface area contributed by atoms with Gasteiger partial charge in [0.1, 0.15) is 0 Å². The van der Waals surface area contributed by atoms with Crippen LogP contribution in [0.3, 0.4) is 0 Å². The molecule has 0 saturated heterocycles. The lowest BCUT2D eigenvalue weighted by atomic mass is 9.77. The van der Waals surface area contributed by atoms with Gasteiger partial charge in [-0.05, 0) is 105 Å². The van der Waals surface area contributed by atoms with Gasteiger partial charge in [0.15, 0.2) is 0 Å². The van der Waals surface area contributed by atoms with Crippen LogP contribution in [0.5, 0.6) is 0 Å². The van der Waals surface area contributed by atoms with E-state index in [1.165, 1.54) is 54.6 Å². The van der Waals surface area contributed by atoms with E-state index in [4.69, 9.17) is 4.65 Å². The van der Waals surface area contributed by atoms with E-state index in [-0.39, 0.29) is 0 Å². The van der Waals surface area contributed by atoms with E-state index in [1.54, 1.807) is 13.8 Å². The summed E-state index contributed by atoms with van der Waals surface area (Å²) in [6.07, 6.45) is 0. The van der Waals surface area contributed by atoms with E-state index < -0.39 is 11.2 Å². The van der Waals surface area contributed by atoms with Crippen molar-refractivity contribution in [2.75, 3.05) is 0 Å². The first-order chi connectivity index (χ1) is 21.7. The van der Waals surface area contributed by atoms with Gasteiger partial charge in [0.2, 0.25) is 0 Å². The number of fused-ring (bicyclic) bond motifs is 6. The molecule has 0 saturated carbocycles. The molecule has 7 rings (SSSR count). The van der Waals surface area contributed by atoms with Crippen LogP contribution in [0.25, 0.3) is 65.7 Å². The summed E-state index contributed by atoms with van der Waals surface area (Å²) in [6, 6.07) is 50.2. The van der Waals surface area contributed by atoms with Crippen LogP contribution in [-0.4, -0.2) is 23.8 Å². The molecule has 7 aromatic carbocycles. The quantitative estimate of drug-likeness (QED) is 0.149. The molecule has 220 valence electrons. The van der Waals surface area contributed by atoms with Gasteiger partial charge in [-0.2, -0.15) is 0 Å². The van der Waals surface area contributed by atoms with Crippen molar-refractivity contribution in [3.63, 3.8) is 0 Å². The van der Waals surface area contributed by atoms with Crippen LogP contribution >= 0.6 is 0 Å². The van der Waals surface area contributed by atoms with Crippen molar-refractivity contribution in [2.24, 2.45) is 0 Å². The molecule has 7 aromatic rings. The van der Waals surface area contributed by atoms with Crippen molar-refractivity contribution >= 4 is 45.3 Å². The normalized spacial score (nSPS) is 12.2. The van der Waals surface area contributed by atoms with Gasteiger partial charge >= 0.3 is 7.48 Å². The van der Waals surface area contributed by atoms with E-state index in [0.717, 1.165) is 16.6 Å². The minimum absolute atomic E-state index is 0.398. The summed E-state index contributed by atoms with van der Waals surface area (Å²) in [7, 11) is 0.398. The second-order valence-electron chi connectivity index (χ2n) is 13.0. The number of benzene rings is 7. The number of rotatable bonds is 7. The van der Waals surface area contributed by atoms with E-state index in [0.29, 0.717) is 7.48 Å². The van der Waals surface area contributed by atoms with Crippen LogP contribution in [0.15, 0.2) is 140 Å². The number of hydrogen-bond donors (Lipinski definition) is 1. The fourth-order valence-electron chi connectivity index (χ4n) is 6.34. The maximum Gasteiger partial charge on any atom is 0.310 e. The first-order valence-corrected chi connectivity index (χ1v) is 15.7. The Morgan fingerprint density at radius 3 is 1.40 bits per heavy atom. The Bertz CT molecular complexity index is 2150. The molecule has 0 fully saturated rings. The Kier molecular flexibility index (Phi) is 7.32. The van der Waals surface area contributed by atoms with Crippen molar-refractivity contribution in [3.05, 3.63) is 140 Å². The highest BCUT2D eigenvalue weighted by Gasteiger charge is 2.36. The first kappa shape index (κ1) is 29.0. The third-order valence-electron chi connectivity index (χ3n) is 9.57. The first-order valence-electron chi connectivity index (χ1n) is 15.7. The van der Waals surface area contributed by atoms with Gasteiger partial charge in [-0.15, -0.1) is 0 Å². The molecule has 0 heterocycles. The van der Waals surface area contributed by atoms with Gasteiger partial charge in [0, 0.05) is 0 Å². The topological polar surface area (TPSA) is 29.5 Å². The van der Waals surface area contributed by atoms with Gasteiger partial charge in [-0.3, -0.25) is 0 Å². The summed E-state index contributed by atoms with van der Waals surface area (Å²) in [5, 5.41) is 18.4. The molecule has 0 bridgehead atoms. The summed E-state index contributed by atoms with van der Waals surface area (Å²) in [4.78, 5) is 0. The molecular weight excluding hydrogens is 547 g/mol. The molecule has 0 aliphatic rings. The lowest BCUT2D eigenvalue weighted by molar-refractivity contribution is -0.0893. The maximum atomic E-state index is 10.7. The van der Waals surface area contributed by atoms with Crippen LogP contribution in [-0.2, 0) is 4.65 Å². The highest BCUT2D eigenvalue weighted by atomic mass is 16.5. The number of aliphatic hydroxyl groups is 1. The molecule has 0 amide bonds. The van der Waals surface area contributed by atoms with Crippen LogP contribution in [0.4, 0.5) is 0 Å². The SMILES string of the molecule is CC(C)(O)C(C)(C)OBc1ccccc1-c1ccccc1-c1ccccc1-c1ccc2c3ccccc3c3ccccc3c2c1. The molecule has 0 radical (unpaired) electrons. The Labute approximate surface area is 266 Å². The predicted octanol–water partition coefficient (Wildman–Crippen LogP) is 9.69. The molecule has 0 unspecified atom stereocenters. The Hall–Kier alpha value is -4.70. The Morgan fingerprint density at radius 2 is 0.844 bits per heavy atom. The van der Waals surface area contributed by atoms with Crippen LogP contribution < -0.4 is 5.46 Å². The van der Waals surface area contributed by atoms with E-state index in [2.05, 4.69) is 140 Å². The summed E-state index contributed by atoms with van der Waals surface area (Å²) in [5.74, 6) is 0. The fraction of sp³-hybridized carbons (Fsp3) is 0.143. The van der Waals surface area contributed by atoms with Gasteiger partial charge in [-0.25, -0.2) is 0 Å². The highest BCUT2D eigenvalue weighted by molar-refractivity contribution is 6.49. The Balaban J connectivity index is 1.37. The molecular formula is C42H37BO2. The smallest absolute Gasteiger partial charge is 0.310 e. The fourth-order valence-corrected chi connectivity index (χ4v) is 6.34. The van der Waals surface area contributed by atoms with Gasteiger partial charge in [-0.1, -0.05) is 133 Å². The zero-order valence-electron chi connectivity index (χ0n) is 26.3. The molecule has 0 aromatic heterocycles. The molecule has 3 heteroatoms. The highest BCUT2D eigenvalue weighted by Crippen LogP contribution is 2.41. The second-order valence-corrected chi connectivity index (χ2v) is 13.0. The van der Waals surface area contributed by atoms with E-state index in [1.807, 2.05) is 13.8 Å². The molecule has 0 aliphatic heterocycles. The third-order valence-corrected chi connectivity index (χ3v) is 9.57. The average Bonchev–Trinajstić information content (AvgIpc) is 3.07. The molecule has 2 nitrogen and oxygen atoms in total. The summed E-state index contributed by atoms with van der Waals surface area (Å²) in [6.45, 7) is 7.47. The van der Waals surface area contributed by atoms with Gasteiger partial charge in [0.25, 0.3) is 0 Å². The number of hydrogen-bond acceptors (Lipinski definition) is 2. The molecule has 45 heavy (non-hydrogen) atoms. The van der Waals surface area contributed by atoms with Gasteiger partial charge < -0.3 is 9.76 Å². The van der Waals surface area contributed by atoms with Crippen molar-refractivity contribution in [2.45, 2.75) is 38.9 Å². The minimum Gasteiger partial charge on any atom is -0.427 e. The Morgan fingerprint density at radius 1 is 0.444 bits per heavy atom. The molecule has 1 N–H and O–H groups in total. The summed E-state index contributed by atoms with van der Waals surface area (Å²) >= 11 is 0. The zero-order chi connectivity index (χ0) is 31.2. The second kappa shape index (κ2) is 11.3. The monoisotopic (exact) mass is 584 g/mol. The lowest BCUT2D eigenvalue weighted by Gasteiger charge is -2.37. The summed E-state index contributed by atoms with van der Waals surface area (Å²) in [5.41, 5.74) is 6.43. The lowest BCUT2D eigenvalue weighted by Crippen LogP contribution is -2.49. The molecule has 0 spiro atoms. The predicted molar refractivity (Wildman–Crippen MR) is 194 cm³/mol. The standard InChI is InChI=1S/C42H37BO2/c1-41(2,44)42(3,4)45-43-40-24-14-13-23-38(40)35-21-11-9-17-31(35)30-16-6-5-15-29(30)28-25-26-37-34-20-8-7-18-32(34)33-19-10-12-22-36(33)39(37)27-28/h5-27,43-44H,1-4H3. The minimum atomic E-state index is -0.976. The third kappa shape index (κ3) is 5.23. The van der Waals surface area contributed by atoms with Crippen LogP contribution in [0.2, 0.25) is 0 Å². The van der Waals surface area contributed by atoms with Crippen molar-refractivity contribution in [1.82, 2.24) is 0 Å². The maximum absolute atomic E-state index is 10.7. The average molecular weight is 585 g/mol. The molecule has 0 atom stereocenters. The van der Waals surface area contributed by atoms with Crippen molar-refractivity contribution < 1.29 is 9.76 Å². The van der Waals surface area contributed by atoms with Crippen molar-refractivity contribution in [1.29, 1.82) is 0 Å². The largest absolute Gasteiger partial charge is 0.427 e.